The quantitative estimate of drug-likeness (QED) is 0.787. The van der Waals surface area contributed by atoms with Gasteiger partial charge in [-0.1, -0.05) is 0 Å². The van der Waals surface area contributed by atoms with Crippen LogP contribution in [-0.4, -0.2) is 31.9 Å². The molecule has 0 radical (unpaired) electrons. The van der Waals surface area contributed by atoms with Crippen molar-refractivity contribution in [2.75, 3.05) is 20.3 Å². The second kappa shape index (κ2) is 4.53. The molecular formula is C15H19NO5. The fraction of sp³-hybridized carbons (Fsp3) is 0.533. The first-order valence-corrected chi connectivity index (χ1v) is 6.86. The molecule has 0 fully saturated rings. The van der Waals surface area contributed by atoms with Crippen LogP contribution in [0.2, 0.25) is 0 Å². The highest BCUT2D eigenvalue weighted by Crippen LogP contribution is 2.47. The number of methoxy groups -OCH3 is 1. The van der Waals surface area contributed by atoms with Crippen molar-refractivity contribution in [3.05, 3.63) is 17.7 Å². The molecule has 1 aromatic carbocycles. The fourth-order valence-corrected chi connectivity index (χ4v) is 2.97. The van der Waals surface area contributed by atoms with Gasteiger partial charge in [-0.25, -0.2) is 4.79 Å². The van der Waals surface area contributed by atoms with Gasteiger partial charge in [-0.2, -0.15) is 0 Å². The van der Waals surface area contributed by atoms with Gasteiger partial charge in [0.05, 0.1) is 7.11 Å². The molecule has 0 aliphatic carbocycles. The first-order valence-electron chi connectivity index (χ1n) is 6.86. The molecule has 0 saturated heterocycles. The highest BCUT2D eigenvalue weighted by Gasteiger charge is 2.49. The minimum absolute atomic E-state index is 0.319. The van der Waals surface area contributed by atoms with Crippen LogP contribution in [0.15, 0.2) is 12.1 Å². The Morgan fingerprint density at radius 3 is 2.43 bits per heavy atom. The maximum Gasteiger partial charge on any atom is 0.330 e. The molecule has 3 rings (SSSR count). The Bertz CT molecular complexity index is 598. The van der Waals surface area contributed by atoms with E-state index in [-0.39, 0.29) is 0 Å². The fourth-order valence-electron chi connectivity index (χ4n) is 2.97. The SMILES string of the molecule is COC(=O)C1(N)CC(C)(C)Oc2cc3c(cc21)OCCO3. The van der Waals surface area contributed by atoms with Gasteiger partial charge in [-0.05, 0) is 19.9 Å². The normalized spacial score (nSPS) is 25.5. The minimum Gasteiger partial charge on any atom is -0.487 e. The molecule has 114 valence electrons. The Labute approximate surface area is 123 Å². The van der Waals surface area contributed by atoms with Gasteiger partial charge >= 0.3 is 5.97 Å². The van der Waals surface area contributed by atoms with Gasteiger partial charge in [0, 0.05) is 18.1 Å². The third-order valence-electron chi connectivity index (χ3n) is 3.77. The number of esters is 1. The zero-order valence-electron chi connectivity index (χ0n) is 12.4. The minimum atomic E-state index is -1.26. The molecule has 1 unspecified atom stereocenters. The zero-order chi connectivity index (χ0) is 15.3. The van der Waals surface area contributed by atoms with Crippen molar-refractivity contribution in [2.45, 2.75) is 31.4 Å². The highest BCUT2D eigenvalue weighted by molar-refractivity contribution is 5.84. The summed E-state index contributed by atoms with van der Waals surface area (Å²) < 4.78 is 22.0. The van der Waals surface area contributed by atoms with E-state index in [0.717, 1.165) is 0 Å². The lowest BCUT2D eigenvalue weighted by atomic mass is 9.78. The molecule has 1 aromatic rings. The Morgan fingerprint density at radius 2 is 1.81 bits per heavy atom. The van der Waals surface area contributed by atoms with E-state index in [1.807, 2.05) is 13.8 Å². The average Bonchev–Trinajstić information content (AvgIpc) is 2.43. The van der Waals surface area contributed by atoms with E-state index in [4.69, 9.17) is 24.7 Å². The first kappa shape index (κ1) is 14.0. The Kier molecular flexibility index (Phi) is 3.02. The summed E-state index contributed by atoms with van der Waals surface area (Å²) in [6.45, 7) is 4.72. The van der Waals surface area contributed by atoms with Crippen molar-refractivity contribution in [2.24, 2.45) is 5.73 Å². The van der Waals surface area contributed by atoms with Gasteiger partial charge in [-0.15, -0.1) is 0 Å². The molecule has 21 heavy (non-hydrogen) atoms. The lowest BCUT2D eigenvalue weighted by Crippen LogP contribution is -2.54. The maximum atomic E-state index is 12.2. The average molecular weight is 293 g/mol. The van der Waals surface area contributed by atoms with Crippen LogP contribution in [-0.2, 0) is 15.1 Å². The molecule has 6 nitrogen and oxygen atoms in total. The molecule has 2 N–H and O–H groups in total. The van der Waals surface area contributed by atoms with Crippen molar-refractivity contribution >= 4 is 5.97 Å². The summed E-state index contributed by atoms with van der Waals surface area (Å²) in [5.41, 5.74) is 5.10. The number of hydrogen-bond donors (Lipinski definition) is 1. The van der Waals surface area contributed by atoms with Crippen LogP contribution in [0.25, 0.3) is 0 Å². The van der Waals surface area contributed by atoms with Gasteiger partial charge in [0.15, 0.2) is 11.5 Å². The Balaban J connectivity index is 2.17. The largest absolute Gasteiger partial charge is 0.487 e. The third-order valence-corrected chi connectivity index (χ3v) is 3.77. The number of fused-ring (bicyclic) bond motifs is 2. The van der Waals surface area contributed by atoms with Crippen LogP contribution in [0, 0.1) is 0 Å². The second-order valence-corrected chi connectivity index (χ2v) is 5.99. The van der Waals surface area contributed by atoms with E-state index in [0.29, 0.717) is 42.4 Å². The highest BCUT2D eigenvalue weighted by atomic mass is 16.6. The van der Waals surface area contributed by atoms with Crippen molar-refractivity contribution in [3.8, 4) is 17.2 Å². The lowest BCUT2D eigenvalue weighted by Gasteiger charge is -2.42. The van der Waals surface area contributed by atoms with Crippen LogP contribution in [0.4, 0.5) is 0 Å². The molecule has 2 aliphatic rings. The zero-order valence-corrected chi connectivity index (χ0v) is 12.4. The molecule has 0 saturated carbocycles. The standard InChI is InChI=1S/C15H19NO5/c1-14(2)8-15(16,13(17)18-3)9-6-11-12(7-10(9)21-14)20-5-4-19-11/h6-7H,4-5,8,16H2,1-3H3. The summed E-state index contributed by atoms with van der Waals surface area (Å²) in [4.78, 5) is 12.2. The van der Waals surface area contributed by atoms with Gasteiger partial charge < -0.3 is 24.7 Å². The van der Waals surface area contributed by atoms with Crippen LogP contribution in [0.5, 0.6) is 17.2 Å². The second-order valence-electron chi connectivity index (χ2n) is 5.99. The molecule has 0 bridgehead atoms. The molecule has 6 heteroatoms. The van der Waals surface area contributed by atoms with Crippen molar-refractivity contribution in [1.82, 2.24) is 0 Å². The van der Waals surface area contributed by atoms with Gasteiger partial charge in [0.25, 0.3) is 0 Å². The number of hydrogen-bond acceptors (Lipinski definition) is 6. The van der Waals surface area contributed by atoms with Gasteiger partial charge in [0.2, 0.25) is 0 Å². The molecular weight excluding hydrogens is 274 g/mol. The lowest BCUT2D eigenvalue weighted by molar-refractivity contribution is -0.151. The predicted octanol–water partition coefficient (Wildman–Crippen LogP) is 1.35. The molecule has 2 heterocycles. The molecule has 0 aromatic heterocycles. The van der Waals surface area contributed by atoms with E-state index in [1.54, 1.807) is 12.1 Å². The van der Waals surface area contributed by atoms with Crippen LogP contribution in [0.3, 0.4) is 0 Å². The van der Waals surface area contributed by atoms with E-state index in [1.165, 1.54) is 7.11 Å². The Hall–Kier alpha value is -1.95. The topological polar surface area (TPSA) is 80.0 Å². The summed E-state index contributed by atoms with van der Waals surface area (Å²) in [5, 5.41) is 0. The summed E-state index contributed by atoms with van der Waals surface area (Å²) >= 11 is 0. The summed E-state index contributed by atoms with van der Waals surface area (Å²) in [6.07, 6.45) is 0.319. The summed E-state index contributed by atoms with van der Waals surface area (Å²) in [6, 6.07) is 3.45. The number of ether oxygens (including phenoxy) is 4. The van der Waals surface area contributed by atoms with Gasteiger partial charge in [0.1, 0.15) is 30.1 Å². The van der Waals surface area contributed by atoms with Crippen LogP contribution >= 0.6 is 0 Å². The van der Waals surface area contributed by atoms with Crippen molar-refractivity contribution in [3.63, 3.8) is 0 Å². The Morgan fingerprint density at radius 1 is 1.19 bits per heavy atom. The number of benzene rings is 1. The molecule has 1 atom stereocenters. The van der Waals surface area contributed by atoms with E-state index in [9.17, 15) is 4.79 Å². The number of carbonyl (C=O) groups is 1. The van der Waals surface area contributed by atoms with Gasteiger partial charge in [-0.3, -0.25) is 0 Å². The van der Waals surface area contributed by atoms with Crippen molar-refractivity contribution < 1.29 is 23.7 Å². The molecule has 0 amide bonds. The first-order chi connectivity index (χ1) is 9.86. The number of nitrogens with two attached hydrogens (primary N) is 1. The molecule has 0 spiro atoms. The van der Waals surface area contributed by atoms with Crippen LogP contribution in [0.1, 0.15) is 25.8 Å². The van der Waals surface area contributed by atoms with Crippen LogP contribution < -0.4 is 19.9 Å². The molecule has 2 aliphatic heterocycles. The van der Waals surface area contributed by atoms with E-state index in [2.05, 4.69) is 0 Å². The third kappa shape index (κ3) is 2.19. The predicted molar refractivity (Wildman–Crippen MR) is 74.6 cm³/mol. The monoisotopic (exact) mass is 293 g/mol. The summed E-state index contributed by atoms with van der Waals surface area (Å²) in [7, 11) is 1.33. The van der Waals surface area contributed by atoms with E-state index >= 15 is 0 Å². The maximum absolute atomic E-state index is 12.2. The number of carbonyl (C=O) groups excluding carboxylic acids is 1. The smallest absolute Gasteiger partial charge is 0.330 e. The van der Waals surface area contributed by atoms with E-state index < -0.39 is 17.1 Å². The van der Waals surface area contributed by atoms with Crippen molar-refractivity contribution in [1.29, 1.82) is 0 Å². The summed E-state index contributed by atoms with van der Waals surface area (Å²) in [5.74, 6) is 1.21. The number of rotatable bonds is 1.